The molecule has 5 amide bonds. The number of thioether (sulfide) groups is 1. The Morgan fingerprint density at radius 2 is 0.905 bits per heavy atom. The average Bonchev–Trinajstić information content (AvgIpc) is 3.31. The van der Waals surface area contributed by atoms with Crippen LogP contribution in [0.3, 0.4) is 0 Å². The van der Waals surface area contributed by atoms with Crippen molar-refractivity contribution in [2.45, 2.75) is 55.0 Å². The van der Waals surface area contributed by atoms with E-state index < -0.39 is 65.6 Å². The molecular weight excluding hydrogens is 817 g/mol. The van der Waals surface area contributed by atoms with Crippen LogP contribution in [0.4, 0.5) is 0 Å². The molecule has 0 saturated carbocycles. The van der Waals surface area contributed by atoms with Crippen LogP contribution >= 0.6 is 11.8 Å². The normalized spacial score (nSPS) is 12.5. The first-order chi connectivity index (χ1) is 30.6. The molecule has 0 aliphatic heterocycles. The molecule has 14 heteroatoms. The Kier molecular flexibility index (Phi) is 18.5. The average molecular weight is 871 g/mol. The van der Waals surface area contributed by atoms with Gasteiger partial charge in [0.1, 0.15) is 18.1 Å². The molecule has 3 unspecified atom stereocenters. The maximum Gasteiger partial charge on any atom is 0.326 e. The maximum atomic E-state index is 14.0. The van der Waals surface area contributed by atoms with Crippen molar-refractivity contribution in [1.29, 1.82) is 0 Å². The lowest BCUT2D eigenvalue weighted by molar-refractivity contribution is -0.142. The minimum absolute atomic E-state index is 0.0112. The van der Waals surface area contributed by atoms with Crippen LogP contribution in [0.2, 0.25) is 0 Å². The van der Waals surface area contributed by atoms with Crippen LogP contribution in [0.25, 0.3) is 0 Å². The van der Waals surface area contributed by atoms with Gasteiger partial charge < -0.3 is 37.4 Å². The summed E-state index contributed by atoms with van der Waals surface area (Å²) in [5.41, 5.74) is 9.96. The molecule has 8 N–H and O–H groups in total. The number of benzene rings is 5. The van der Waals surface area contributed by atoms with E-state index in [0.717, 1.165) is 16.7 Å². The highest BCUT2D eigenvalue weighted by molar-refractivity contribution is 8.01. The molecule has 63 heavy (non-hydrogen) atoms. The van der Waals surface area contributed by atoms with E-state index in [9.17, 15) is 33.9 Å². The second-order valence-corrected chi connectivity index (χ2v) is 16.1. The van der Waals surface area contributed by atoms with Crippen molar-refractivity contribution >= 4 is 47.3 Å². The third-order valence-corrected chi connectivity index (χ3v) is 11.8. The van der Waals surface area contributed by atoms with Gasteiger partial charge in [-0.25, -0.2) is 4.79 Å². The van der Waals surface area contributed by atoms with Crippen LogP contribution < -0.4 is 32.3 Å². The summed E-state index contributed by atoms with van der Waals surface area (Å²) in [7, 11) is 0. The molecule has 0 fully saturated rings. The molecule has 5 rings (SSSR count). The Bertz CT molecular complexity index is 2140. The number of carbonyl (C=O) groups excluding carboxylic acids is 5. The number of rotatable bonds is 24. The summed E-state index contributed by atoms with van der Waals surface area (Å²) >= 11 is 1.43. The molecule has 13 nitrogen and oxygen atoms in total. The van der Waals surface area contributed by atoms with Gasteiger partial charge in [-0.2, -0.15) is 0 Å². The van der Waals surface area contributed by atoms with Gasteiger partial charge in [-0.1, -0.05) is 152 Å². The largest absolute Gasteiger partial charge is 0.480 e. The summed E-state index contributed by atoms with van der Waals surface area (Å²) in [5.74, 6) is -4.27. The fourth-order valence-electron chi connectivity index (χ4n) is 7.07. The zero-order valence-corrected chi connectivity index (χ0v) is 35.7. The first-order valence-electron chi connectivity index (χ1n) is 20.8. The van der Waals surface area contributed by atoms with E-state index in [1.165, 1.54) is 11.8 Å². The van der Waals surface area contributed by atoms with Crippen molar-refractivity contribution < 1.29 is 33.9 Å². The number of hydrogen-bond acceptors (Lipinski definition) is 8. The standard InChI is InChI=1S/C49H54N6O7S/c50-29-17-16-28-40(48(61)62)54-47(60)42(31-36-20-8-2-9-21-36)55-46(59)41(30-35-18-6-1-7-19-35)53-44(57)33-51-43(56)32-52-45(58)34-63-49(37-22-10-3-11-23-37,38-24-12-4-13-25-38)39-26-14-5-15-27-39/h1-15,18-27,40-42H,16-17,28-34,50H2,(H,51,56)(H,52,58)(H,53,57)(H,54,60)(H,55,59)(H,61,62). The highest BCUT2D eigenvalue weighted by Crippen LogP contribution is 2.48. The number of nitrogens with one attached hydrogen (secondary N) is 5. The van der Waals surface area contributed by atoms with Crippen molar-refractivity contribution in [3.05, 3.63) is 179 Å². The molecular formula is C49H54N6O7S. The number of carboxylic acid groups (broad SMARTS) is 1. The maximum absolute atomic E-state index is 14.0. The number of nitrogens with two attached hydrogens (primary N) is 1. The highest BCUT2D eigenvalue weighted by atomic mass is 32.2. The Hall–Kier alpha value is -6.77. The van der Waals surface area contributed by atoms with E-state index in [1.54, 1.807) is 48.5 Å². The van der Waals surface area contributed by atoms with Gasteiger partial charge in [0.15, 0.2) is 0 Å². The van der Waals surface area contributed by atoms with Crippen LogP contribution in [0, 0.1) is 0 Å². The minimum atomic E-state index is -1.21. The predicted molar refractivity (Wildman–Crippen MR) is 244 cm³/mol. The van der Waals surface area contributed by atoms with Gasteiger partial charge in [-0.3, -0.25) is 24.0 Å². The summed E-state index contributed by atoms with van der Waals surface area (Å²) in [5, 5.41) is 23.0. The van der Waals surface area contributed by atoms with Crippen molar-refractivity contribution in [1.82, 2.24) is 26.6 Å². The molecule has 0 bridgehead atoms. The lowest BCUT2D eigenvalue weighted by Crippen LogP contribution is -2.57. The van der Waals surface area contributed by atoms with Crippen molar-refractivity contribution in [2.75, 3.05) is 25.4 Å². The quantitative estimate of drug-likeness (QED) is 0.0352. The molecule has 5 aromatic carbocycles. The molecule has 0 spiro atoms. The zero-order valence-electron chi connectivity index (χ0n) is 34.9. The van der Waals surface area contributed by atoms with Gasteiger partial charge in [0.2, 0.25) is 29.5 Å². The van der Waals surface area contributed by atoms with Gasteiger partial charge in [0.05, 0.1) is 23.6 Å². The molecule has 0 aromatic heterocycles. The number of carboxylic acids is 1. The summed E-state index contributed by atoms with van der Waals surface area (Å²) in [4.78, 5) is 79.2. The van der Waals surface area contributed by atoms with Crippen LogP contribution in [0.5, 0.6) is 0 Å². The molecule has 0 saturated heterocycles. The third kappa shape index (κ3) is 14.4. The summed E-state index contributed by atoms with van der Waals surface area (Å²) in [6, 6.07) is 44.1. The SMILES string of the molecule is NCCCCC(NC(=O)C(Cc1ccccc1)NC(=O)C(Cc1ccccc1)NC(=O)CNC(=O)CNC(=O)CSC(c1ccccc1)(c1ccccc1)c1ccccc1)C(=O)O. The Labute approximate surface area is 372 Å². The van der Waals surface area contributed by atoms with E-state index in [-0.39, 0.29) is 30.9 Å². The zero-order chi connectivity index (χ0) is 44.9. The Morgan fingerprint density at radius 1 is 0.508 bits per heavy atom. The summed E-state index contributed by atoms with van der Waals surface area (Å²) in [6.07, 6.45) is 1.32. The van der Waals surface area contributed by atoms with Crippen LogP contribution in [0.1, 0.15) is 47.1 Å². The first kappa shape index (κ1) is 47.3. The number of hydrogen-bond donors (Lipinski definition) is 7. The van der Waals surface area contributed by atoms with E-state index in [1.807, 2.05) is 103 Å². The topological polar surface area (TPSA) is 209 Å². The van der Waals surface area contributed by atoms with E-state index in [2.05, 4.69) is 26.6 Å². The third-order valence-electron chi connectivity index (χ3n) is 10.3. The van der Waals surface area contributed by atoms with E-state index in [0.29, 0.717) is 30.5 Å². The molecule has 0 aliphatic carbocycles. The van der Waals surface area contributed by atoms with E-state index in [4.69, 9.17) is 5.73 Å². The Balaban J connectivity index is 1.21. The fraction of sp³-hybridized carbons (Fsp3) is 0.265. The molecule has 0 radical (unpaired) electrons. The van der Waals surface area contributed by atoms with Gasteiger partial charge in [0.25, 0.3) is 0 Å². The lowest BCUT2D eigenvalue weighted by Gasteiger charge is -2.35. The van der Waals surface area contributed by atoms with Gasteiger partial charge in [-0.15, -0.1) is 11.8 Å². The van der Waals surface area contributed by atoms with Crippen molar-refractivity contribution in [3.63, 3.8) is 0 Å². The molecule has 5 aromatic rings. The first-order valence-corrected chi connectivity index (χ1v) is 21.8. The second kappa shape index (κ2) is 24.6. The van der Waals surface area contributed by atoms with Crippen LogP contribution in [-0.4, -0.2) is 84.1 Å². The van der Waals surface area contributed by atoms with E-state index >= 15 is 0 Å². The van der Waals surface area contributed by atoms with Crippen molar-refractivity contribution in [3.8, 4) is 0 Å². The minimum Gasteiger partial charge on any atom is -0.480 e. The van der Waals surface area contributed by atoms with Gasteiger partial charge in [0, 0.05) is 12.8 Å². The summed E-state index contributed by atoms with van der Waals surface area (Å²) in [6.45, 7) is -0.518. The smallest absolute Gasteiger partial charge is 0.326 e. The second-order valence-electron chi connectivity index (χ2n) is 14.9. The molecule has 3 atom stereocenters. The lowest BCUT2D eigenvalue weighted by atomic mass is 9.84. The number of carbonyl (C=O) groups is 6. The molecule has 0 aliphatic rings. The Morgan fingerprint density at radius 3 is 1.35 bits per heavy atom. The van der Waals surface area contributed by atoms with Crippen LogP contribution in [0.15, 0.2) is 152 Å². The number of aliphatic carboxylic acids is 1. The number of amides is 5. The monoisotopic (exact) mass is 870 g/mol. The molecule has 328 valence electrons. The fourth-order valence-corrected chi connectivity index (χ4v) is 8.43. The van der Waals surface area contributed by atoms with Gasteiger partial charge in [-0.05, 0) is 53.6 Å². The summed E-state index contributed by atoms with van der Waals surface area (Å²) < 4.78 is -0.735. The van der Waals surface area contributed by atoms with Gasteiger partial charge >= 0.3 is 5.97 Å². The van der Waals surface area contributed by atoms with Crippen LogP contribution in [-0.2, 0) is 46.4 Å². The highest BCUT2D eigenvalue weighted by Gasteiger charge is 2.37. The predicted octanol–water partition coefficient (Wildman–Crippen LogP) is 4.10. The molecule has 0 heterocycles. The number of unbranched alkanes of at least 4 members (excludes halogenated alkanes) is 1. The van der Waals surface area contributed by atoms with Crippen molar-refractivity contribution in [2.24, 2.45) is 5.73 Å².